The van der Waals surface area contributed by atoms with Crippen molar-refractivity contribution in [1.29, 1.82) is 0 Å². The summed E-state index contributed by atoms with van der Waals surface area (Å²) in [6, 6.07) is 12.6. The highest BCUT2D eigenvalue weighted by Crippen LogP contribution is 2.36. The molecule has 0 saturated heterocycles. The largest absolute Gasteiger partial charge is 0.233 e. The van der Waals surface area contributed by atoms with Crippen LogP contribution in [0.4, 0.5) is 0 Å². The molecule has 0 unspecified atom stereocenters. The highest BCUT2D eigenvalue weighted by Gasteiger charge is 2.12. The van der Waals surface area contributed by atoms with Crippen LogP contribution in [0.25, 0.3) is 30.4 Å². The fourth-order valence-corrected chi connectivity index (χ4v) is 4.55. The summed E-state index contributed by atoms with van der Waals surface area (Å²) in [4.78, 5) is 9.48. The third kappa shape index (κ3) is 1.84. The van der Waals surface area contributed by atoms with Crippen molar-refractivity contribution in [2.24, 2.45) is 0 Å². The first-order valence-corrected chi connectivity index (χ1v) is 8.08. The molecule has 0 radical (unpaired) electrons. The summed E-state index contributed by atoms with van der Waals surface area (Å²) in [7, 11) is 0. The maximum atomic E-state index is 4.79. The Labute approximate surface area is 124 Å². The molecule has 2 aromatic heterocycles. The number of nitrogens with zero attached hydrogens (tertiary/aromatic N) is 2. The van der Waals surface area contributed by atoms with Gasteiger partial charge in [0.05, 0.1) is 20.4 Å². The van der Waals surface area contributed by atoms with Crippen LogP contribution >= 0.6 is 22.7 Å². The van der Waals surface area contributed by atoms with Crippen molar-refractivity contribution in [3.63, 3.8) is 0 Å². The molecule has 20 heavy (non-hydrogen) atoms. The number of aromatic nitrogens is 2. The maximum absolute atomic E-state index is 4.79. The lowest BCUT2D eigenvalue weighted by Crippen LogP contribution is -1.79. The van der Waals surface area contributed by atoms with Crippen LogP contribution in [0.2, 0.25) is 0 Å². The normalized spacial score (nSPS) is 11.5. The van der Waals surface area contributed by atoms with E-state index >= 15 is 0 Å². The predicted molar refractivity (Wildman–Crippen MR) is 87.7 cm³/mol. The average Bonchev–Trinajstić information content (AvgIpc) is 3.01. The zero-order chi connectivity index (χ0) is 13.7. The van der Waals surface area contributed by atoms with Gasteiger partial charge in [-0.3, -0.25) is 0 Å². The van der Waals surface area contributed by atoms with Gasteiger partial charge in [0, 0.05) is 0 Å². The smallest absolute Gasteiger partial charge is 0.153 e. The summed E-state index contributed by atoms with van der Waals surface area (Å²) in [6.07, 6.45) is 0. The molecule has 2 nitrogen and oxygen atoms in total. The van der Waals surface area contributed by atoms with Gasteiger partial charge in [0.15, 0.2) is 10.0 Å². The molecule has 0 N–H and O–H groups in total. The molecule has 0 saturated carbocycles. The van der Waals surface area contributed by atoms with E-state index < -0.39 is 0 Å². The molecule has 0 fully saturated rings. The van der Waals surface area contributed by atoms with Crippen molar-refractivity contribution in [2.75, 3.05) is 0 Å². The van der Waals surface area contributed by atoms with Crippen LogP contribution in [0.1, 0.15) is 11.1 Å². The van der Waals surface area contributed by atoms with E-state index in [1.54, 1.807) is 22.7 Å². The SMILES string of the molecule is Cc1cc(C)c2nc(-c3nc4ccccc4s3)sc2c1. The summed E-state index contributed by atoms with van der Waals surface area (Å²) in [5, 5.41) is 2.04. The van der Waals surface area contributed by atoms with E-state index in [1.807, 2.05) is 6.07 Å². The van der Waals surface area contributed by atoms with Crippen LogP contribution in [0.15, 0.2) is 36.4 Å². The predicted octanol–water partition coefficient (Wildman–Crippen LogP) is 5.19. The summed E-state index contributed by atoms with van der Waals surface area (Å²) in [5.74, 6) is 0. The Morgan fingerprint density at radius 2 is 1.60 bits per heavy atom. The van der Waals surface area contributed by atoms with Crippen molar-refractivity contribution in [3.8, 4) is 10.0 Å². The summed E-state index contributed by atoms with van der Waals surface area (Å²) < 4.78 is 2.46. The number of benzene rings is 2. The molecule has 0 atom stereocenters. The van der Waals surface area contributed by atoms with Gasteiger partial charge in [0.25, 0.3) is 0 Å². The number of fused-ring (bicyclic) bond motifs is 2. The molecule has 0 bridgehead atoms. The van der Waals surface area contributed by atoms with Gasteiger partial charge in [-0.2, -0.15) is 0 Å². The van der Waals surface area contributed by atoms with E-state index in [9.17, 15) is 0 Å². The molecule has 98 valence electrons. The van der Waals surface area contributed by atoms with Crippen molar-refractivity contribution in [1.82, 2.24) is 9.97 Å². The van der Waals surface area contributed by atoms with Crippen molar-refractivity contribution in [3.05, 3.63) is 47.5 Å². The first-order valence-electron chi connectivity index (χ1n) is 6.44. The molecule has 0 aliphatic carbocycles. The molecule has 4 heteroatoms. The number of hydrogen-bond acceptors (Lipinski definition) is 4. The first-order chi connectivity index (χ1) is 9.70. The fraction of sp³-hybridized carbons (Fsp3) is 0.125. The molecule has 0 amide bonds. The van der Waals surface area contributed by atoms with Crippen LogP contribution in [-0.4, -0.2) is 9.97 Å². The molecular weight excluding hydrogens is 284 g/mol. The average molecular weight is 296 g/mol. The van der Waals surface area contributed by atoms with Crippen LogP contribution in [0, 0.1) is 13.8 Å². The molecular formula is C16H12N2S2. The molecule has 4 rings (SSSR count). The second-order valence-corrected chi connectivity index (χ2v) is 7.00. The Morgan fingerprint density at radius 3 is 2.45 bits per heavy atom. The van der Waals surface area contributed by atoms with Crippen molar-refractivity contribution < 1.29 is 0 Å². The minimum Gasteiger partial charge on any atom is -0.233 e. The lowest BCUT2D eigenvalue weighted by molar-refractivity contribution is 1.37. The second kappa shape index (κ2) is 4.36. The van der Waals surface area contributed by atoms with E-state index in [2.05, 4.69) is 44.2 Å². The fourth-order valence-electron chi connectivity index (χ4n) is 2.43. The topological polar surface area (TPSA) is 25.8 Å². The Morgan fingerprint density at radius 1 is 0.850 bits per heavy atom. The number of thiazole rings is 2. The molecule has 0 aliphatic heterocycles. The number of para-hydroxylation sites is 1. The minimum absolute atomic E-state index is 1.02. The molecule has 0 spiro atoms. The zero-order valence-corrected chi connectivity index (χ0v) is 12.8. The lowest BCUT2D eigenvalue weighted by Gasteiger charge is -1.95. The van der Waals surface area contributed by atoms with E-state index in [-0.39, 0.29) is 0 Å². The highest BCUT2D eigenvalue weighted by molar-refractivity contribution is 7.27. The summed E-state index contributed by atoms with van der Waals surface area (Å²) in [6.45, 7) is 4.25. The lowest BCUT2D eigenvalue weighted by atomic mass is 10.1. The second-order valence-electron chi connectivity index (χ2n) is 4.93. The van der Waals surface area contributed by atoms with Gasteiger partial charge in [-0.15, -0.1) is 22.7 Å². The molecule has 0 aliphatic rings. The van der Waals surface area contributed by atoms with Gasteiger partial charge in [-0.1, -0.05) is 18.2 Å². The van der Waals surface area contributed by atoms with Crippen LogP contribution < -0.4 is 0 Å². The number of rotatable bonds is 1. The quantitative estimate of drug-likeness (QED) is 0.483. The van der Waals surface area contributed by atoms with Gasteiger partial charge < -0.3 is 0 Å². The van der Waals surface area contributed by atoms with E-state index in [0.29, 0.717) is 0 Å². The van der Waals surface area contributed by atoms with Gasteiger partial charge in [-0.25, -0.2) is 9.97 Å². The third-order valence-electron chi connectivity index (χ3n) is 3.31. The monoisotopic (exact) mass is 296 g/mol. The summed E-state index contributed by atoms with van der Waals surface area (Å²) >= 11 is 3.44. The first kappa shape index (κ1) is 12.0. The van der Waals surface area contributed by atoms with Gasteiger partial charge >= 0.3 is 0 Å². The van der Waals surface area contributed by atoms with E-state index in [0.717, 1.165) is 21.0 Å². The van der Waals surface area contributed by atoms with E-state index in [1.165, 1.54) is 20.5 Å². The van der Waals surface area contributed by atoms with Gasteiger partial charge in [0.2, 0.25) is 0 Å². The van der Waals surface area contributed by atoms with Gasteiger partial charge in [0.1, 0.15) is 0 Å². The van der Waals surface area contributed by atoms with Crippen LogP contribution in [-0.2, 0) is 0 Å². The Balaban J connectivity index is 1.95. The van der Waals surface area contributed by atoms with Crippen molar-refractivity contribution in [2.45, 2.75) is 13.8 Å². The Hall–Kier alpha value is -1.78. The van der Waals surface area contributed by atoms with Crippen LogP contribution in [0.3, 0.4) is 0 Å². The minimum atomic E-state index is 1.02. The molecule has 2 heterocycles. The Bertz CT molecular complexity index is 901. The van der Waals surface area contributed by atoms with Gasteiger partial charge in [-0.05, 0) is 43.2 Å². The third-order valence-corrected chi connectivity index (χ3v) is 5.49. The van der Waals surface area contributed by atoms with Crippen LogP contribution in [0.5, 0.6) is 0 Å². The molecule has 4 aromatic rings. The number of aryl methyl sites for hydroxylation is 2. The number of hydrogen-bond donors (Lipinski definition) is 0. The standard InChI is InChI=1S/C16H12N2S2/c1-9-7-10(2)14-13(8-9)20-16(18-14)15-17-11-5-3-4-6-12(11)19-15/h3-8H,1-2H3. The summed E-state index contributed by atoms with van der Waals surface area (Å²) in [5.41, 5.74) is 4.69. The molecule has 2 aromatic carbocycles. The zero-order valence-electron chi connectivity index (χ0n) is 11.2. The Kier molecular flexibility index (Phi) is 2.62. The highest BCUT2D eigenvalue weighted by atomic mass is 32.1. The maximum Gasteiger partial charge on any atom is 0.153 e. The van der Waals surface area contributed by atoms with Crippen molar-refractivity contribution >= 4 is 43.1 Å². The van der Waals surface area contributed by atoms with E-state index in [4.69, 9.17) is 9.97 Å².